The van der Waals surface area contributed by atoms with E-state index in [-0.39, 0.29) is 12.0 Å². The van der Waals surface area contributed by atoms with Crippen molar-refractivity contribution in [3.8, 4) is 5.75 Å². The highest BCUT2D eigenvalue weighted by Crippen LogP contribution is 2.36. The molecule has 3 aromatic rings. The van der Waals surface area contributed by atoms with Gasteiger partial charge in [0.2, 0.25) is 0 Å². The molecule has 1 aliphatic rings. The number of para-hydroxylation sites is 2. The molecule has 6 heteroatoms. The van der Waals surface area contributed by atoms with Crippen molar-refractivity contribution in [2.75, 3.05) is 7.11 Å². The SMILES string of the molecule is COc1ccc([C@H]2C[C@@H](O)[C@@H](O)[C@@H]2NCc2nc3ccccc3n2C)cc1. The van der Waals surface area contributed by atoms with Crippen LogP contribution in [-0.4, -0.2) is 45.1 Å². The fourth-order valence-corrected chi connectivity index (χ4v) is 4.04. The molecule has 2 aromatic carbocycles. The Bertz CT molecular complexity index is 922. The highest BCUT2D eigenvalue weighted by atomic mass is 16.5. The normalized spacial score (nSPS) is 25.2. The molecule has 1 heterocycles. The van der Waals surface area contributed by atoms with Gasteiger partial charge < -0.3 is 24.8 Å². The van der Waals surface area contributed by atoms with Crippen LogP contribution in [0.2, 0.25) is 0 Å². The van der Waals surface area contributed by atoms with E-state index in [1.165, 1.54) is 0 Å². The number of fused-ring (bicyclic) bond motifs is 1. The van der Waals surface area contributed by atoms with Gasteiger partial charge >= 0.3 is 0 Å². The maximum atomic E-state index is 10.5. The molecular formula is C21H25N3O3. The summed E-state index contributed by atoms with van der Waals surface area (Å²) in [5.41, 5.74) is 3.11. The number of methoxy groups -OCH3 is 1. The van der Waals surface area contributed by atoms with Gasteiger partial charge in [-0.1, -0.05) is 24.3 Å². The summed E-state index contributed by atoms with van der Waals surface area (Å²) in [5, 5.41) is 24.2. The second-order valence-corrected chi connectivity index (χ2v) is 7.16. The zero-order valence-electron chi connectivity index (χ0n) is 15.5. The number of ether oxygens (including phenoxy) is 1. The van der Waals surface area contributed by atoms with Gasteiger partial charge in [-0.05, 0) is 36.2 Å². The lowest BCUT2D eigenvalue weighted by Crippen LogP contribution is -2.42. The summed E-state index contributed by atoms with van der Waals surface area (Å²) in [6, 6.07) is 15.6. The van der Waals surface area contributed by atoms with Crippen LogP contribution >= 0.6 is 0 Å². The number of nitrogens with one attached hydrogen (secondary N) is 1. The van der Waals surface area contributed by atoms with E-state index in [4.69, 9.17) is 4.74 Å². The van der Waals surface area contributed by atoms with Crippen molar-refractivity contribution in [3.63, 3.8) is 0 Å². The average Bonchev–Trinajstić information content (AvgIpc) is 3.17. The van der Waals surface area contributed by atoms with Crippen LogP contribution in [0.5, 0.6) is 5.75 Å². The zero-order chi connectivity index (χ0) is 19.0. The number of nitrogens with zero attached hydrogens (tertiary/aromatic N) is 2. The summed E-state index contributed by atoms with van der Waals surface area (Å²) in [7, 11) is 3.63. The number of aromatic nitrogens is 2. The van der Waals surface area contributed by atoms with Crippen molar-refractivity contribution in [1.29, 1.82) is 0 Å². The molecule has 0 spiro atoms. The molecule has 27 heavy (non-hydrogen) atoms. The van der Waals surface area contributed by atoms with Crippen LogP contribution in [0, 0.1) is 0 Å². The minimum atomic E-state index is -0.813. The number of aryl methyl sites for hydroxylation is 1. The molecule has 4 atom stereocenters. The molecule has 142 valence electrons. The first-order valence-electron chi connectivity index (χ1n) is 9.22. The van der Waals surface area contributed by atoms with Crippen LogP contribution in [0.15, 0.2) is 48.5 Å². The number of rotatable bonds is 5. The quantitative estimate of drug-likeness (QED) is 0.642. The summed E-state index contributed by atoms with van der Waals surface area (Å²) in [6.07, 6.45) is -1.03. The smallest absolute Gasteiger partial charge is 0.123 e. The second kappa shape index (κ2) is 7.31. The van der Waals surface area contributed by atoms with Crippen LogP contribution in [0.3, 0.4) is 0 Å². The average molecular weight is 367 g/mol. The van der Waals surface area contributed by atoms with Crippen LogP contribution in [0.1, 0.15) is 23.7 Å². The first-order valence-corrected chi connectivity index (χ1v) is 9.22. The molecule has 0 unspecified atom stereocenters. The van der Waals surface area contributed by atoms with Gasteiger partial charge in [-0.2, -0.15) is 0 Å². The van der Waals surface area contributed by atoms with Crippen LogP contribution < -0.4 is 10.1 Å². The molecule has 1 aromatic heterocycles. The lowest BCUT2D eigenvalue weighted by atomic mass is 9.93. The van der Waals surface area contributed by atoms with Crippen molar-refractivity contribution >= 4 is 11.0 Å². The first kappa shape index (κ1) is 18.0. The summed E-state index contributed by atoms with van der Waals surface area (Å²) in [6.45, 7) is 0.520. The number of hydrogen-bond acceptors (Lipinski definition) is 5. The van der Waals surface area contributed by atoms with Crippen molar-refractivity contribution in [1.82, 2.24) is 14.9 Å². The van der Waals surface area contributed by atoms with E-state index in [0.29, 0.717) is 13.0 Å². The molecule has 4 rings (SSSR count). The van der Waals surface area contributed by atoms with Gasteiger partial charge in [-0.3, -0.25) is 0 Å². The molecule has 3 N–H and O–H groups in total. The zero-order valence-corrected chi connectivity index (χ0v) is 15.5. The summed E-state index contributed by atoms with van der Waals surface area (Å²) in [4.78, 5) is 4.68. The molecule has 1 fully saturated rings. The standard InChI is InChI=1S/C21H25N3O3/c1-24-17-6-4-3-5-16(17)23-19(24)12-22-20-15(11-18(25)21(20)26)13-7-9-14(27-2)10-8-13/h3-10,15,18,20-22,25-26H,11-12H2,1-2H3/t15-,18-,20-,21-/m1/s1. The van der Waals surface area contributed by atoms with Gasteiger partial charge in [0.1, 0.15) is 11.6 Å². The molecule has 0 radical (unpaired) electrons. The van der Waals surface area contributed by atoms with E-state index in [9.17, 15) is 10.2 Å². The van der Waals surface area contributed by atoms with Crippen molar-refractivity contribution in [2.24, 2.45) is 7.05 Å². The second-order valence-electron chi connectivity index (χ2n) is 7.16. The minimum Gasteiger partial charge on any atom is -0.497 e. The Morgan fingerprint density at radius 2 is 1.89 bits per heavy atom. The number of aliphatic hydroxyl groups excluding tert-OH is 2. The maximum absolute atomic E-state index is 10.5. The Morgan fingerprint density at radius 1 is 1.15 bits per heavy atom. The van der Waals surface area contributed by atoms with E-state index in [2.05, 4.69) is 14.9 Å². The number of aliphatic hydroxyl groups is 2. The Kier molecular flexibility index (Phi) is 4.86. The van der Waals surface area contributed by atoms with E-state index < -0.39 is 12.2 Å². The highest BCUT2D eigenvalue weighted by Gasteiger charge is 2.42. The topological polar surface area (TPSA) is 79.5 Å². The predicted octanol–water partition coefficient (Wildman–Crippen LogP) is 1.95. The van der Waals surface area contributed by atoms with Gasteiger partial charge in [-0.25, -0.2) is 4.98 Å². The van der Waals surface area contributed by atoms with Crippen molar-refractivity contribution in [3.05, 3.63) is 59.9 Å². The molecule has 0 aliphatic heterocycles. The first-order chi connectivity index (χ1) is 13.1. The molecule has 1 saturated carbocycles. The van der Waals surface area contributed by atoms with Crippen molar-refractivity contribution < 1.29 is 14.9 Å². The molecule has 0 saturated heterocycles. The van der Waals surface area contributed by atoms with Gasteiger partial charge in [0.05, 0.1) is 36.9 Å². The Morgan fingerprint density at radius 3 is 2.59 bits per heavy atom. The number of benzene rings is 2. The van der Waals surface area contributed by atoms with Crippen LogP contribution in [-0.2, 0) is 13.6 Å². The predicted molar refractivity (Wildman–Crippen MR) is 104 cm³/mol. The summed E-state index contributed by atoms with van der Waals surface area (Å²) >= 11 is 0. The lowest BCUT2D eigenvalue weighted by molar-refractivity contribution is 0.0296. The molecule has 1 aliphatic carbocycles. The summed E-state index contributed by atoms with van der Waals surface area (Å²) in [5.74, 6) is 1.72. The Balaban J connectivity index is 1.55. The van der Waals surface area contributed by atoms with Crippen molar-refractivity contribution in [2.45, 2.75) is 37.1 Å². The third-order valence-corrected chi connectivity index (χ3v) is 5.61. The molecule has 0 bridgehead atoms. The fraction of sp³-hybridized carbons (Fsp3) is 0.381. The molecular weight excluding hydrogens is 342 g/mol. The van der Waals surface area contributed by atoms with E-state index >= 15 is 0 Å². The van der Waals surface area contributed by atoms with Gasteiger partial charge in [0.25, 0.3) is 0 Å². The van der Waals surface area contributed by atoms with Gasteiger partial charge in [-0.15, -0.1) is 0 Å². The monoisotopic (exact) mass is 367 g/mol. The molecule has 6 nitrogen and oxygen atoms in total. The lowest BCUT2D eigenvalue weighted by Gasteiger charge is -2.24. The fourth-order valence-electron chi connectivity index (χ4n) is 4.04. The third kappa shape index (κ3) is 3.32. The number of imidazole rings is 1. The number of hydrogen-bond donors (Lipinski definition) is 3. The minimum absolute atomic E-state index is 0.0237. The Labute approximate surface area is 158 Å². The largest absolute Gasteiger partial charge is 0.497 e. The van der Waals surface area contributed by atoms with E-state index in [1.807, 2.05) is 55.6 Å². The van der Waals surface area contributed by atoms with Gasteiger partial charge in [0, 0.05) is 19.0 Å². The third-order valence-electron chi connectivity index (χ3n) is 5.61. The van der Waals surface area contributed by atoms with E-state index in [0.717, 1.165) is 28.2 Å². The Hall–Kier alpha value is -2.41. The van der Waals surface area contributed by atoms with Crippen LogP contribution in [0.25, 0.3) is 11.0 Å². The van der Waals surface area contributed by atoms with Gasteiger partial charge in [0.15, 0.2) is 0 Å². The summed E-state index contributed by atoms with van der Waals surface area (Å²) < 4.78 is 7.28. The highest BCUT2D eigenvalue weighted by molar-refractivity contribution is 5.75. The molecule has 0 amide bonds. The van der Waals surface area contributed by atoms with E-state index in [1.54, 1.807) is 7.11 Å². The maximum Gasteiger partial charge on any atom is 0.123 e. The van der Waals surface area contributed by atoms with Crippen LogP contribution in [0.4, 0.5) is 0 Å².